The Kier molecular flexibility index (Phi) is 7.42. The van der Waals surface area contributed by atoms with E-state index in [-0.39, 0.29) is 24.9 Å². The van der Waals surface area contributed by atoms with Gasteiger partial charge in [-0.1, -0.05) is 12.1 Å². The van der Waals surface area contributed by atoms with Crippen LogP contribution >= 0.6 is 27.7 Å². The minimum absolute atomic E-state index is 0.0926. The van der Waals surface area contributed by atoms with Gasteiger partial charge in [0, 0.05) is 15.6 Å². The van der Waals surface area contributed by atoms with Crippen molar-refractivity contribution < 1.29 is 9.59 Å². The molecule has 1 aromatic heterocycles. The van der Waals surface area contributed by atoms with E-state index in [1.165, 1.54) is 0 Å². The smallest absolute Gasteiger partial charge is 0.239 e. The van der Waals surface area contributed by atoms with Crippen LogP contribution in [0.1, 0.15) is 0 Å². The van der Waals surface area contributed by atoms with Gasteiger partial charge in [0.25, 0.3) is 0 Å². The van der Waals surface area contributed by atoms with E-state index < -0.39 is 0 Å². The van der Waals surface area contributed by atoms with Crippen molar-refractivity contribution in [1.29, 1.82) is 0 Å². The van der Waals surface area contributed by atoms with Crippen molar-refractivity contribution in [2.75, 3.05) is 37.0 Å². The van der Waals surface area contributed by atoms with E-state index in [9.17, 15) is 9.59 Å². The molecule has 0 aliphatic carbocycles. The van der Waals surface area contributed by atoms with E-state index >= 15 is 0 Å². The molecule has 0 radical (unpaired) electrons. The van der Waals surface area contributed by atoms with Crippen LogP contribution in [0.3, 0.4) is 0 Å². The Morgan fingerprint density at radius 2 is 1.80 bits per heavy atom. The highest BCUT2D eigenvalue weighted by molar-refractivity contribution is 9.10. The average Bonchev–Trinajstić information content (AvgIpc) is 2.57. The lowest BCUT2D eigenvalue weighted by Crippen LogP contribution is -2.36. The molecule has 0 aliphatic rings. The van der Waals surface area contributed by atoms with Gasteiger partial charge in [0.15, 0.2) is 0 Å². The quantitative estimate of drug-likeness (QED) is 0.670. The van der Waals surface area contributed by atoms with E-state index in [4.69, 9.17) is 0 Å². The van der Waals surface area contributed by atoms with Gasteiger partial charge in [-0.25, -0.2) is 4.98 Å². The SMILES string of the molecule is CSc1ccccc1NC(=O)CN(C)CC(=O)Nc1ccc(Br)cn1. The number of amides is 2. The first kappa shape index (κ1) is 19.4. The van der Waals surface area contributed by atoms with Gasteiger partial charge in [0.1, 0.15) is 5.82 Å². The number of carbonyl (C=O) groups is 2. The summed E-state index contributed by atoms with van der Waals surface area (Å²) in [5.41, 5.74) is 0.775. The predicted octanol–water partition coefficient (Wildman–Crippen LogP) is 3.08. The molecule has 0 saturated heterocycles. The topological polar surface area (TPSA) is 74.3 Å². The number of pyridine rings is 1. The van der Waals surface area contributed by atoms with Crippen molar-refractivity contribution in [2.45, 2.75) is 4.90 Å². The second-order valence-electron chi connectivity index (χ2n) is 5.33. The van der Waals surface area contributed by atoms with Crippen LogP contribution in [0.4, 0.5) is 11.5 Å². The van der Waals surface area contributed by atoms with Crippen molar-refractivity contribution in [3.8, 4) is 0 Å². The number of benzene rings is 1. The lowest BCUT2D eigenvalue weighted by atomic mass is 10.3. The number of carbonyl (C=O) groups excluding carboxylic acids is 2. The van der Waals surface area contributed by atoms with Gasteiger partial charge in [0.2, 0.25) is 11.8 Å². The largest absolute Gasteiger partial charge is 0.324 e. The van der Waals surface area contributed by atoms with Gasteiger partial charge < -0.3 is 10.6 Å². The first-order valence-corrected chi connectivity index (χ1v) is 9.52. The third-order valence-corrected chi connectivity index (χ3v) is 4.47. The van der Waals surface area contributed by atoms with Crippen LogP contribution in [-0.4, -0.2) is 48.1 Å². The number of thioether (sulfide) groups is 1. The van der Waals surface area contributed by atoms with E-state index in [1.807, 2.05) is 30.5 Å². The zero-order valence-corrected chi connectivity index (χ0v) is 16.4. The molecule has 8 heteroatoms. The van der Waals surface area contributed by atoms with Crippen LogP contribution in [0.15, 0.2) is 52.0 Å². The highest BCUT2D eigenvalue weighted by atomic mass is 79.9. The van der Waals surface area contributed by atoms with Crippen molar-refractivity contribution >= 4 is 51.0 Å². The van der Waals surface area contributed by atoms with E-state index in [1.54, 1.807) is 42.0 Å². The molecule has 0 bridgehead atoms. The molecule has 0 saturated carbocycles. The maximum absolute atomic E-state index is 12.2. The summed E-state index contributed by atoms with van der Waals surface area (Å²) in [4.78, 5) is 30.9. The van der Waals surface area contributed by atoms with Gasteiger partial charge in [-0.2, -0.15) is 0 Å². The van der Waals surface area contributed by atoms with Gasteiger partial charge in [-0.15, -0.1) is 11.8 Å². The molecular weight excluding hydrogens is 404 g/mol. The zero-order valence-electron chi connectivity index (χ0n) is 14.0. The van der Waals surface area contributed by atoms with Crippen molar-refractivity contribution in [1.82, 2.24) is 9.88 Å². The van der Waals surface area contributed by atoms with Crippen molar-refractivity contribution in [3.63, 3.8) is 0 Å². The van der Waals surface area contributed by atoms with E-state index in [2.05, 4.69) is 31.5 Å². The maximum Gasteiger partial charge on any atom is 0.239 e. The number of para-hydroxylation sites is 1. The molecule has 1 heterocycles. The third-order valence-electron chi connectivity index (χ3n) is 3.20. The summed E-state index contributed by atoms with van der Waals surface area (Å²) < 4.78 is 0.838. The summed E-state index contributed by atoms with van der Waals surface area (Å²) in [7, 11) is 1.72. The molecule has 2 aromatic rings. The van der Waals surface area contributed by atoms with Crippen LogP contribution in [0.25, 0.3) is 0 Å². The lowest BCUT2D eigenvalue weighted by molar-refractivity contribution is -0.119. The summed E-state index contributed by atoms with van der Waals surface area (Å²) in [5, 5.41) is 5.56. The first-order valence-electron chi connectivity index (χ1n) is 7.50. The molecule has 0 aliphatic heterocycles. The van der Waals surface area contributed by atoms with Gasteiger partial charge in [-0.05, 0) is 53.5 Å². The number of nitrogens with zero attached hydrogens (tertiary/aromatic N) is 2. The Bertz CT molecular complexity index is 740. The second-order valence-corrected chi connectivity index (χ2v) is 7.09. The molecule has 0 unspecified atom stereocenters. The lowest BCUT2D eigenvalue weighted by Gasteiger charge is -2.16. The molecule has 1 aromatic carbocycles. The second kappa shape index (κ2) is 9.55. The zero-order chi connectivity index (χ0) is 18.2. The van der Waals surface area contributed by atoms with Crippen LogP contribution in [0, 0.1) is 0 Å². The number of aromatic nitrogens is 1. The Morgan fingerprint density at radius 1 is 1.12 bits per heavy atom. The number of hydrogen-bond acceptors (Lipinski definition) is 5. The van der Waals surface area contributed by atoms with Gasteiger partial charge in [-0.3, -0.25) is 14.5 Å². The highest BCUT2D eigenvalue weighted by Gasteiger charge is 2.12. The Labute approximate surface area is 159 Å². The van der Waals surface area contributed by atoms with Crippen molar-refractivity contribution in [2.24, 2.45) is 0 Å². The summed E-state index contributed by atoms with van der Waals surface area (Å²) >= 11 is 4.85. The van der Waals surface area contributed by atoms with Crippen molar-refractivity contribution in [3.05, 3.63) is 47.1 Å². The fourth-order valence-corrected chi connectivity index (χ4v) is 2.90. The summed E-state index contributed by atoms with van der Waals surface area (Å²) in [6.07, 6.45) is 3.56. The van der Waals surface area contributed by atoms with Crippen LogP contribution in [-0.2, 0) is 9.59 Å². The molecule has 0 atom stereocenters. The molecule has 0 fully saturated rings. The minimum atomic E-state index is -0.227. The van der Waals surface area contributed by atoms with E-state index in [0.29, 0.717) is 5.82 Å². The number of nitrogens with one attached hydrogen (secondary N) is 2. The summed E-state index contributed by atoms with van der Waals surface area (Å²) in [6.45, 7) is 0.208. The summed E-state index contributed by atoms with van der Waals surface area (Å²) in [6, 6.07) is 11.1. The molecule has 2 rings (SSSR count). The molecule has 2 N–H and O–H groups in total. The number of anilines is 2. The van der Waals surface area contributed by atoms with Crippen LogP contribution in [0.5, 0.6) is 0 Å². The van der Waals surface area contributed by atoms with Gasteiger partial charge in [0.05, 0.1) is 18.8 Å². The predicted molar refractivity (Wildman–Crippen MR) is 105 cm³/mol. The highest BCUT2D eigenvalue weighted by Crippen LogP contribution is 2.24. The molecule has 6 nitrogen and oxygen atoms in total. The molecule has 132 valence electrons. The Balaban J connectivity index is 1.82. The van der Waals surface area contributed by atoms with Gasteiger partial charge >= 0.3 is 0 Å². The monoisotopic (exact) mass is 422 g/mol. The van der Waals surface area contributed by atoms with Crippen LogP contribution < -0.4 is 10.6 Å². The fraction of sp³-hybridized carbons (Fsp3) is 0.235. The number of hydrogen-bond donors (Lipinski definition) is 2. The van der Waals surface area contributed by atoms with E-state index in [0.717, 1.165) is 15.1 Å². The summed E-state index contributed by atoms with van der Waals surface area (Å²) in [5.74, 6) is 0.0770. The molecule has 2 amide bonds. The number of halogens is 1. The third kappa shape index (κ3) is 6.49. The first-order chi connectivity index (χ1) is 12.0. The van der Waals surface area contributed by atoms with Crippen LogP contribution in [0.2, 0.25) is 0 Å². The maximum atomic E-state index is 12.2. The number of rotatable bonds is 7. The Morgan fingerprint density at radius 3 is 2.44 bits per heavy atom. The normalized spacial score (nSPS) is 10.6. The number of likely N-dealkylation sites (N-methyl/N-ethyl adjacent to an activating group) is 1. The Hall–Kier alpha value is -1.90. The molecular formula is C17H19BrN4O2S. The fourth-order valence-electron chi connectivity index (χ4n) is 2.12. The minimum Gasteiger partial charge on any atom is -0.324 e. The molecule has 25 heavy (non-hydrogen) atoms. The standard InChI is InChI=1S/C17H19BrN4O2S/c1-22(11-17(24)21-15-8-7-12(18)9-19-15)10-16(23)20-13-5-3-4-6-14(13)25-2/h3-9H,10-11H2,1-2H3,(H,20,23)(H,19,21,24). The molecule has 0 spiro atoms. The average molecular weight is 423 g/mol.